The first-order chi connectivity index (χ1) is 22.2. The van der Waals surface area contributed by atoms with Crippen LogP contribution in [0.5, 0.6) is 23.0 Å². The van der Waals surface area contributed by atoms with Crippen LogP contribution in [-0.2, 0) is 19.1 Å². The summed E-state index contributed by atoms with van der Waals surface area (Å²) < 4.78 is 35.7. The van der Waals surface area contributed by atoms with Gasteiger partial charge in [0.1, 0.15) is 6.61 Å². The van der Waals surface area contributed by atoms with Crippen LogP contribution in [0.25, 0.3) is 6.08 Å². The van der Waals surface area contributed by atoms with Gasteiger partial charge in [-0.2, -0.15) is 0 Å². The highest BCUT2D eigenvalue weighted by Crippen LogP contribution is 2.37. The van der Waals surface area contributed by atoms with Crippen LogP contribution in [0.15, 0.2) is 51.4 Å². The lowest BCUT2D eigenvalue weighted by atomic mass is 9.95. The van der Waals surface area contributed by atoms with Gasteiger partial charge in [-0.3, -0.25) is 9.36 Å². The molecule has 1 atom stereocenters. The number of benzene rings is 2. The number of aromatic nitrogens is 1. The smallest absolute Gasteiger partial charge is 0.343 e. The predicted molar refractivity (Wildman–Crippen MR) is 180 cm³/mol. The van der Waals surface area contributed by atoms with E-state index in [1.165, 1.54) is 23.0 Å². The molecule has 0 N–H and O–H groups in total. The van der Waals surface area contributed by atoms with Gasteiger partial charge in [0.05, 0.1) is 52.3 Å². The maximum Gasteiger partial charge on any atom is 0.343 e. The number of rotatable bonds is 13. The highest BCUT2D eigenvalue weighted by atomic mass is 127. The first-order valence-corrected chi connectivity index (χ1v) is 16.2. The zero-order valence-corrected chi connectivity index (χ0v) is 29.0. The lowest BCUT2D eigenvalue weighted by Crippen LogP contribution is -2.40. The Morgan fingerprint density at radius 3 is 2.46 bits per heavy atom. The van der Waals surface area contributed by atoms with Crippen LogP contribution in [0, 0.1) is 15.9 Å². The van der Waals surface area contributed by atoms with Gasteiger partial charge in [0.25, 0.3) is 5.56 Å². The largest absolute Gasteiger partial charge is 0.490 e. The van der Waals surface area contributed by atoms with Crippen LogP contribution >= 0.6 is 33.9 Å². The third kappa shape index (κ3) is 7.56. The number of methoxy groups -OCH3 is 1. The molecule has 3 aromatic rings. The number of fused-ring (bicyclic) bond motifs is 1. The molecular weight excluding hydrogens is 727 g/mol. The van der Waals surface area contributed by atoms with Crippen molar-refractivity contribution in [2.24, 2.45) is 4.99 Å². The molecule has 1 aliphatic rings. The first kappa shape index (κ1) is 34.6. The monoisotopic (exact) mass is 760 g/mol. The standard InChI is InChI=1S/C33H33IN2O9S/c1-7-13-44-30-22(34)14-20(15-25(30)42-9-3)16-26-31(38)36-29(28(32(39)43-10-4)19(5)35-33(36)46-26)21-11-12-23(24(17-21)41-8-2)45-18-27(37)40-6/h1,11-12,14-17,29H,8-10,13,18H2,2-6H3/b26-16-/t29-/m0/s1. The zero-order valence-electron chi connectivity index (χ0n) is 26.0. The fourth-order valence-corrected chi connectivity index (χ4v) is 6.55. The highest BCUT2D eigenvalue weighted by molar-refractivity contribution is 14.1. The maximum absolute atomic E-state index is 14.1. The third-order valence-electron chi connectivity index (χ3n) is 6.60. The van der Waals surface area contributed by atoms with Crippen LogP contribution in [0.3, 0.4) is 0 Å². The summed E-state index contributed by atoms with van der Waals surface area (Å²) in [7, 11) is 1.27. The Hall–Kier alpha value is -4.29. The fraction of sp³-hybridized carbons (Fsp3) is 0.333. The lowest BCUT2D eigenvalue weighted by molar-refractivity contribution is -0.143. The van der Waals surface area contributed by atoms with Gasteiger partial charge in [-0.1, -0.05) is 23.3 Å². The van der Waals surface area contributed by atoms with Gasteiger partial charge in [0.2, 0.25) is 0 Å². The number of nitrogens with zero attached hydrogens (tertiary/aromatic N) is 2. The van der Waals surface area contributed by atoms with Crippen molar-refractivity contribution in [3.8, 4) is 35.3 Å². The van der Waals surface area contributed by atoms with Gasteiger partial charge in [-0.25, -0.2) is 14.6 Å². The second kappa shape index (κ2) is 15.8. The number of terminal acetylenes is 1. The van der Waals surface area contributed by atoms with E-state index in [1.807, 2.05) is 13.0 Å². The third-order valence-corrected chi connectivity index (χ3v) is 8.39. The number of allylic oxidation sites excluding steroid dienone is 1. The summed E-state index contributed by atoms with van der Waals surface area (Å²) >= 11 is 3.33. The van der Waals surface area contributed by atoms with E-state index in [4.69, 9.17) is 30.1 Å². The van der Waals surface area contributed by atoms with Crippen LogP contribution < -0.4 is 33.8 Å². The topological polar surface area (TPSA) is 124 Å². The Morgan fingerprint density at radius 2 is 1.78 bits per heavy atom. The molecule has 0 fully saturated rings. The van der Waals surface area contributed by atoms with Crippen molar-refractivity contribution in [1.29, 1.82) is 0 Å². The summed E-state index contributed by atoms with van der Waals surface area (Å²) in [4.78, 5) is 44.2. The van der Waals surface area contributed by atoms with E-state index in [0.29, 0.717) is 62.4 Å². The minimum Gasteiger partial charge on any atom is -0.490 e. The molecule has 2 aromatic carbocycles. The quantitative estimate of drug-likeness (QED) is 0.146. The Labute approximate surface area is 283 Å². The molecule has 2 heterocycles. The number of carbonyl (C=O) groups excluding carboxylic acids is 2. The summed E-state index contributed by atoms with van der Waals surface area (Å²) in [5.41, 5.74) is 1.54. The van der Waals surface area contributed by atoms with Gasteiger partial charge in [0.15, 0.2) is 34.4 Å². The number of thiazole rings is 1. The minimum absolute atomic E-state index is 0.0829. The number of ether oxygens (including phenoxy) is 6. The molecule has 0 aliphatic carbocycles. The molecule has 1 aromatic heterocycles. The van der Waals surface area contributed by atoms with Crippen LogP contribution in [0.2, 0.25) is 0 Å². The second-order valence-corrected chi connectivity index (χ2v) is 11.7. The van der Waals surface area contributed by atoms with Crippen LogP contribution in [0.1, 0.15) is 44.9 Å². The van der Waals surface area contributed by atoms with Crippen molar-refractivity contribution in [2.75, 3.05) is 40.1 Å². The van der Waals surface area contributed by atoms with E-state index in [9.17, 15) is 14.4 Å². The summed E-state index contributed by atoms with van der Waals surface area (Å²) in [6.45, 7) is 7.69. The molecule has 1 aliphatic heterocycles. The molecule has 46 heavy (non-hydrogen) atoms. The molecule has 0 unspecified atom stereocenters. The fourth-order valence-electron chi connectivity index (χ4n) is 4.72. The van der Waals surface area contributed by atoms with Crippen molar-refractivity contribution < 1.29 is 38.0 Å². The Morgan fingerprint density at radius 1 is 1.04 bits per heavy atom. The lowest BCUT2D eigenvalue weighted by Gasteiger charge is -2.25. The highest BCUT2D eigenvalue weighted by Gasteiger charge is 2.34. The number of halogens is 1. The normalized spacial score (nSPS) is 14.1. The van der Waals surface area contributed by atoms with Gasteiger partial charge >= 0.3 is 11.9 Å². The number of hydrogen-bond donors (Lipinski definition) is 0. The van der Waals surface area contributed by atoms with Crippen LogP contribution in [0.4, 0.5) is 0 Å². The maximum atomic E-state index is 14.1. The van der Waals surface area contributed by atoms with Gasteiger partial charge < -0.3 is 28.4 Å². The Kier molecular flexibility index (Phi) is 11.9. The minimum atomic E-state index is -0.884. The molecule has 0 saturated heterocycles. The number of carbonyl (C=O) groups is 2. The van der Waals surface area contributed by atoms with Crippen molar-refractivity contribution in [1.82, 2.24) is 4.57 Å². The van der Waals surface area contributed by atoms with E-state index >= 15 is 0 Å². The second-order valence-electron chi connectivity index (χ2n) is 9.56. The summed E-state index contributed by atoms with van der Waals surface area (Å²) in [5, 5.41) is 0. The molecule has 0 amide bonds. The average Bonchev–Trinajstić information content (AvgIpc) is 3.33. The van der Waals surface area contributed by atoms with E-state index in [0.717, 1.165) is 3.57 Å². The Bertz CT molecular complexity index is 1890. The van der Waals surface area contributed by atoms with E-state index in [1.54, 1.807) is 51.1 Å². The molecule has 4 rings (SSSR count). The molecule has 0 bridgehead atoms. The molecular formula is C33H33IN2O9S. The average molecular weight is 761 g/mol. The van der Waals surface area contributed by atoms with Crippen molar-refractivity contribution in [2.45, 2.75) is 33.7 Å². The molecule has 0 spiro atoms. The van der Waals surface area contributed by atoms with Gasteiger partial charge in [-0.15, -0.1) is 6.42 Å². The number of esters is 2. The summed E-state index contributed by atoms with van der Waals surface area (Å²) in [6, 6.07) is 7.77. The van der Waals surface area contributed by atoms with E-state index in [2.05, 4.69) is 38.2 Å². The van der Waals surface area contributed by atoms with Crippen LogP contribution in [-0.4, -0.2) is 56.6 Å². The van der Waals surface area contributed by atoms with Gasteiger partial charge in [-0.05, 0) is 91.8 Å². The zero-order chi connectivity index (χ0) is 33.4. The van der Waals surface area contributed by atoms with Crippen molar-refractivity contribution in [3.05, 3.63) is 76.0 Å². The van der Waals surface area contributed by atoms with Gasteiger partial charge in [0, 0.05) is 0 Å². The SMILES string of the molecule is C#CCOc1c(I)cc(/C=c2\sc3n(c2=O)[C@@H](c2ccc(OCC(=O)OC)c(OCC)c2)C(C(=O)OCC)=C(C)N=3)cc1OCC. The predicted octanol–water partition coefficient (Wildman–Crippen LogP) is 3.76. The Balaban J connectivity index is 1.90. The van der Waals surface area contributed by atoms with Crippen molar-refractivity contribution >= 4 is 51.9 Å². The molecule has 0 saturated carbocycles. The van der Waals surface area contributed by atoms with Crippen molar-refractivity contribution in [3.63, 3.8) is 0 Å². The summed E-state index contributed by atoms with van der Waals surface area (Å²) in [5.74, 6) is 2.96. The summed E-state index contributed by atoms with van der Waals surface area (Å²) in [6.07, 6.45) is 7.13. The molecule has 242 valence electrons. The first-order valence-electron chi connectivity index (χ1n) is 14.4. The molecule has 13 heteroatoms. The van der Waals surface area contributed by atoms with E-state index < -0.39 is 18.0 Å². The van der Waals surface area contributed by atoms with E-state index in [-0.39, 0.29) is 31.0 Å². The number of hydrogen-bond acceptors (Lipinski definition) is 11. The molecule has 11 nitrogen and oxygen atoms in total. The molecule has 0 radical (unpaired) electrons.